The molecular weight excluding hydrogens is 368 g/mol. The van der Waals surface area contributed by atoms with Gasteiger partial charge in [-0.15, -0.1) is 0 Å². The summed E-state index contributed by atoms with van der Waals surface area (Å²) in [5.41, 5.74) is 3.37. The lowest BCUT2D eigenvalue weighted by Gasteiger charge is -2.25. The van der Waals surface area contributed by atoms with Gasteiger partial charge in [-0.1, -0.05) is 18.2 Å². The molecule has 1 aliphatic rings. The van der Waals surface area contributed by atoms with Gasteiger partial charge in [-0.3, -0.25) is 14.3 Å². The second-order valence-corrected chi connectivity index (χ2v) is 7.86. The van der Waals surface area contributed by atoms with Gasteiger partial charge in [-0.2, -0.15) is 0 Å². The molecule has 4 rings (SSSR count). The Bertz CT molecular complexity index is 1080. The van der Waals surface area contributed by atoms with Crippen molar-refractivity contribution in [1.82, 2.24) is 15.0 Å². The lowest BCUT2D eigenvalue weighted by Crippen LogP contribution is -2.32. The number of anilines is 1. The van der Waals surface area contributed by atoms with E-state index in [1.807, 2.05) is 0 Å². The molecule has 1 aromatic heterocycles. The number of aromatic nitrogens is 2. The number of amides is 1. The van der Waals surface area contributed by atoms with Crippen LogP contribution in [0.25, 0.3) is 5.69 Å². The number of carbonyl (C=O) groups is 1. The predicted octanol–water partition coefficient (Wildman–Crippen LogP) is 2.02. The number of hydroxylamine groups is 1. The molecule has 1 aliphatic heterocycles. The van der Waals surface area contributed by atoms with Gasteiger partial charge in [-0.05, 0) is 35.9 Å². The molecule has 2 heterocycles. The molecule has 0 fully saturated rings. The first-order valence-corrected chi connectivity index (χ1v) is 9.61. The molecule has 2 aromatic carbocycles. The van der Waals surface area contributed by atoms with Crippen LogP contribution in [-0.4, -0.2) is 29.1 Å². The van der Waals surface area contributed by atoms with Crippen molar-refractivity contribution < 1.29 is 18.4 Å². The zero-order chi connectivity index (χ0) is 19.0. The fourth-order valence-corrected chi connectivity index (χ4v) is 5.19. The van der Waals surface area contributed by atoms with E-state index in [9.17, 15) is 13.2 Å². The van der Waals surface area contributed by atoms with Crippen LogP contribution in [0.2, 0.25) is 0 Å². The molecule has 2 N–H and O–H groups in total. The highest BCUT2D eigenvalue weighted by molar-refractivity contribution is 7.93. The summed E-state index contributed by atoms with van der Waals surface area (Å²) >= 11 is 0. The Hall–Kier alpha value is -3.17. The Morgan fingerprint density at radius 3 is 2.48 bits per heavy atom. The van der Waals surface area contributed by atoms with Gasteiger partial charge in [-0.25, -0.2) is 18.9 Å². The van der Waals surface area contributed by atoms with Gasteiger partial charge in [0, 0.05) is 18.1 Å². The first-order chi connectivity index (χ1) is 13.0. The molecule has 0 saturated carbocycles. The molecule has 1 amide bonds. The number of hydrogen-bond donors (Lipinski definition) is 2. The number of imidazole rings is 1. The van der Waals surface area contributed by atoms with E-state index in [2.05, 4.69) is 4.98 Å². The summed E-state index contributed by atoms with van der Waals surface area (Å²) in [6.45, 7) is 0. The molecule has 9 heteroatoms. The first-order valence-electron chi connectivity index (χ1n) is 8.17. The molecule has 0 aliphatic carbocycles. The van der Waals surface area contributed by atoms with Crippen LogP contribution in [0, 0.1) is 0 Å². The molecule has 0 saturated heterocycles. The largest absolute Gasteiger partial charge is 0.306 e. The van der Waals surface area contributed by atoms with E-state index in [0.717, 1.165) is 5.69 Å². The van der Waals surface area contributed by atoms with Crippen LogP contribution >= 0.6 is 0 Å². The first kappa shape index (κ1) is 17.3. The zero-order valence-electron chi connectivity index (χ0n) is 14.1. The number of benzene rings is 2. The van der Waals surface area contributed by atoms with E-state index >= 15 is 0 Å². The fraction of sp³-hybridized carbons (Fsp3) is 0.111. The normalized spacial score (nSPS) is 17.5. The maximum absolute atomic E-state index is 13.1. The minimum atomic E-state index is -3.82. The molecule has 1 unspecified atom stereocenters. The van der Waals surface area contributed by atoms with E-state index in [1.165, 1.54) is 10.4 Å². The van der Waals surface area contributed by atoms with Crippen molar-refractivity contribution in [2.24, 2.45) is 0 Å². The Morgan fingerprint density at radius 1 is 1.11 bits per heavy atom. The van der Waals surface area contributed by atoms with Gasteiger partial charge >= 0.3 is 0 Å². The van der Waals surface area contributed by atoms with Crippen LogP contribution in [0.15, 0.2) is 72.1 Å². The van der Waals surface area contributed by atoms with Crippen LogP contribution in [0.1, 0.15) is 18.0 Å². The highest BCUT2D eigenvalue weighted by atomic mass is 32.2. The maximum atomic E-state index is 13.1. The van der Waals surface area contributed by atoms with Gasteiger partial charge < -0.3 is 4.57 Å². The zero-order valence-corrected chi connectivity index (χ0v) is 14.9. The summed E-state index contributed by atoms with van der Waals surface area (Å²) in [7, 11) is -3.82. The SMILES string of the molecule is O=C(CC1c2ccccc2S(=O)(=O)N1c1ccc(-n2ccnc2)cc1)NO. The summed E-state index contributed by atoms with van der Waals surface area (Å²) in [5, 5.41) is 8.90. The molecule has 138 valence electrons. The standard InChI is InChI=1S/C18H16N4O4S/c23-18(20-24)11-16-15-3-1-2-4-17(15)27(25,26)22(16)14-7-5-13(6-8-14)21-10-9-19-12-21/h1-10,12,16,24H,11H2,(H,20,23). The molecule has 1 atom stereocenters. The second-order valence-electron chi connectivity index (χ2n) is 6.08. The minimum absolute atomic E-state index is 0.166. The number of hydrogen-bond acceptors (Lipinski definition) is 5. The van der Waals surface area contributed by atoms with Crippen molar-refractivity contribution in [2.45, 2.75) is 17.4 Å². The van der Waals surface area contributed by atoms with Crippen molar-refractivity contribution in [2.75, 3.05) is 4.31 Å². The lowest BCUT2D eigenvalue weighted by atomic mass is 10.0. The Balaban J connectivity index is 1.78. The van der Waals surface area contributed by atoms with E-state index in [1.54, 1.807) is 71.2 Å². The molecule has 0 bridgehead atoms. The number of nitrogens with zero attached hydrogens (tertiary/aromatic N) is 3. The number of fused-ring (bicyclic) bond motifs is 1. The molecular formula is C18H16N4O4S. The van der Waals surface area contributed by atoms with Crippen LogP contribution in [0.5, 0.6) is 0 Å². The van der Waals surface area contributed by atoms with Crippen LogP contribution in [0.4, 0.5) is 5.69 Å². The fourth-order valence-electron chi connectivity index (χ4n) is 3.31. The average molecular weight is 384 g/mol. The topological polar surface area (TPSA) is 105 Å². The third-order valence-electron chi connectivity index (χ3n) is 4.51. The Kier molecular flexibility index (Phi) is 4.17. The summed E-state index contributed by atoms with van der Waals surface area (Å²) < 4.78 is 29.2. The van der Waals surface area contributed by atoms with E-state index in [0.29, 0.717) is 11.3 Å². The molecule has 0 spiro atoms. The van der Waals surface area contributed by atoms with E-state index in [-0.39, 0.29) is 11.3 Å². The van der Waals surface area contributed by atoms with Gasteiger partial charge in [0.25, 0.3) is 10.0 Å². The molecule has 8 nitrogen and oxygen atoms in total. The Labute approximate surface area is 155 Å². The predicted molar refractivity (Wildman–Crippen MR) is 97.0 cm³/mol. The molecule has 27 heavy (non-hydrogen) atoms. The summed E-state index contributed by atoms with van der Waals surface area (Å²) in [6.07, 6.45) is 4.88. The number of rotatable bonds is 4. The van der Waals surface area contributed by atoms with Crippen molar-refractivity contribution >= 4 is 21.6 Å². The highest BCUT2D eigenvalue weighted by Crippen LogP contribution is 2.44. The van der Waals surface area contributed by atoms with E-state index in [4.69, 9.17) is 5.21 Å². The van der Waals surface area contributed by atoms with Crippen LogP contribution in [0.3, 0.4) is 0 Å². The third kappa shape index (κ3) is 2.86. The van der Waals surface area contributed by atoms with Gasteiger partial charge in [0.05, 0.1) is 29.4 Å². The minimum Gasteiger partial charge on any atom is -0.306 e. The van der Waals surface area contributed by atoms with Gasteiger partial charge in [0.1, 0.15) is 0 Å². The van der Waals surface area contributed by atoms with Crippen molar-refractivity contribution in [3.05, 3.63) is 72.8 Å². The van der Waals surface area contributed by atoms with Crippen LogP contribution in [-0.2, 0) is 14.8 Å². The number of carbonyl (C=O) groups excluding carboxylic acids is 1. The van der Waals surface area contributed by atoms with Crippen molar-refractivity contribution in [3.8, 4) is 5.69 Å². The smallest absolute Gasteiger partial charge is 0.265 e. The summed E-state index contributed by atoms with van der Waals surface area (Å²) in [4.78, 5) is 15.9. The number of nitrogens with one attached hydrogen (secondary N) is 1. The summed E-state index contributed by atoms with van der Waals surface area (Å²) in [6, 6.07) is 12.8. The quantitative estimate of drug-likeness (QED) is 0.529. The Morgan fingerprint density at radius 2 is 1.81 bits per heavy atom. The van der Waals surface area contributed by atoms with E-state index < -0.39 is 22.0 Å². The third-order valence-corrected chi connectivity index (χ3v) is 6.42. The molecule has 3 aromatic rings. The molecule has 0 radical (unpaired) electrons. The maximum Gasteiger partial charge on any atom is 0.265 e. The van der Waals surface area contributed by atoms with Gasteiger partial charge in [0.15, 0.2) is 0 Å². The summed E-state index contributed by atoms with van der Waals surface area (Å²) in [5.74, 6) is -0.660. The van der Waals surface area contributed by atoms with Crippen molar-refractivity contribution in [1.29, 1.82) is 0 Å². The van der Waals surface area contributed by atoms with Crippen molar-refractivity contribution in [3.63, 3.8) is 0 Å². The van der Waals surface area contributed by atoms with Crippen LogP contribution < -0.4 is 9.79 Å². The second kappa shape index (κ2) is 6.53. The monoisotopic (exact) mass is 384 g/mol. The average Bonchev–Trinajstić information content (AvgIpc) is 3.28. The van der Waals surface area contributed by atoms with Gasteiger partial charge in [0.2, 0.25) is 5.91 Å². The highest BCUT2D eigenvalue weighted by Gasteiger charge is 2.43. The number of sulfonamides is 1. The lowest BCUT2D eigenvalue weighted by molar-refractivity contribution is -0.129.